The van der Waals surface area contributed by atoms with E-state index in [1.807, 2.05) is 30.5 Å². The second kappa shape index (κ2) is 5.48. The summed E-state index contributed by atoms with van der Waals surface area (Å²) in [5.74, 6) is -0.0817. The fourth-order valence-electron chi connectivity index (χ4n) is 3.13. The van der Waals surface area contributed by atoms with E-state index in [9.17, 15) is 4.79 Å². The van der Waals surface area contributed by atoms with E-state index in [1.54, 1.807) is 0 Å². The molecule has 1 aromatic carbocycles. The van der Waals surface area contributed by atoms with Crippen molar-refractivity contribution in [2.45, 2.75) is 19.9 Å². The van der Waals surface area contributed by atoms with Gasteiger partial charge in [-0.2, -0.15) is 5.10 Å². The number of nitrogens with one attached hydrogen (secondary N) is 3. The fourth-order valence-corrected chi connectivity index (χ4v) is 3.13. The van der Waals surface area contributed by atoms with Gasteiger partial charge in [0.1, 0.15) is 0 Å². The van der Waals surface area contributed by atoms with E-state index in [1.165, 1.54) is 18.1 Å². The second-order valence-electron chi connectivity index (χ2n) is 5.75. The number of rotatable bonds is 2. The molecule has 1 aliphatic heterocycles. The van der Waals surface area contributed by atoms with E-state index in [-0.39, 0.29) is 5.91 Å². The summed E-state index contributed by atoms with van der Waals surface area (Å²) in [6.45, 7) is 3.31. The lowest BCUT2D eigenvalue weighted by atomic mass is 9.97. The molecule has 0 spiro atoms. The molecular weight excluding hydrogens is 290 g/mol. The summed E-state index contributed by atoms with van der Waals surface area (Å²) in [6.07, 6.45) is 2.87. The van der Waals surface area contributed by atoms with Crippen LogP contribution in [0.2, 0.25) is 0 Å². The number of carbonyl (C=O) groups is 1. The first kappa shape index (κ1) is 13.9. The Morgan fingerprint density at radius 2 is 2.26 bits per heavy atom. The van der Waals surface area contributed by atoms with Crippen molar-refractivity contribution in [2.75, 3.05) is 11.9 Å². The molecule has 0 saturated heterocycles. The van der Waals surface area contributed by atoms with Crippen molar-refractivity contribution in [1.29, 1.82) is 0 Å². The van der Waals surface area contributed by atoms with Gasteiger partial charge >= 0.3 is 0 Å². The van der Waals surface area contributed by atoms with Gasteiger partial charge in [0.2, 0.25) is 5.91 Å². The normalized spacial score (nSPS) is 13.8. The van der Waals surface area contributed by atoms with Crippen LogP contribution in [0.15, 0.2) is 30.5 Å². The monoisotopic (exact) mass is 307 g/mol. The summed E-state index contributed by atoms with van der Waals surface area (Å²) in [6, 6.07) is 7.77. The molecule has 1 aliphatic rings. The summed E-state index contributed by atoms with van der Waals surface area (Å²) in [4.78, 5) is 15.7. The van der Waals surface area contributed by atoms with Crippen LogP contribution in [0, 0.1) is 0 Å². The molecule has 2 aromatic heterocycles. The zero-order valence-corrected chi connectivity index (χ0v) is 12.8. The van der Waals surface area contributed by atoms with Gasteiger partial charge in [0, 0.05) is 30.9 Å². The minimum Gasteiger partial charge on any atom is -0.326 e. The highest BCUT2D eigenvalue weighted by atomic mass is 16.1. The maximum atomic E-state index is 11.3. The van der Waals surface area contributed by atoms with E-state index in [2.05, 4.69) is 25.8 Å². The molecule has 6 heteroatoms. The number of H-pyrrole nitrogens is 1. The molecular formula is C17H17N5O. The van der Waals surface area contributed by atoms with Gasteiger partial charge in [0.05, 0.1) is 11.1 Å². The highest BCUT2D eigenvalue weighted by Gasteiger charge is 2.18. The minimum atomic E-state index is -0.0817. The third kappa shape index (κ3) is 2.47. The van der Waals surface area contributed by atoms with Gasteiger partial charge in [-0.05, 0) is 36.2 Å². The number of amides is 1. The third-order valence-corrected chi connectivity index (χ3v) is 4.12. The smallest absolute Gasteiger partial charge is 0.221 e. The van der Waals surface area contributed by atoms with Crippen LogP contribution in [0.4, 0.5) is 5.69 Å². The molecule has 23 heavy (non-hydrogen) atoms. The van der Waals surface area contributed by atoms with Crippen molar-refractivity contribution in [3.8, 4) is 11.3 Å². The molecule has 116 valence electrons. The van der Waals surface area contributed by atoms with Crippen molar-refractivity contribution in [1.82, 2.24) is 20.5 Å². The van der Waals surface area contributed by atoms with E-state index in [0.29, 0.717) is 0 Å². The van der Waals surface area contributed by atoms with Crippen LogP contribution in [-0.2, 0) is 17.8 Å². The molecule has 0 bridgehead atoms. The molecule has 0 saturated carbocycles. The largest absolute Gasteiger partial charge is 0.326 e. The number of aromatic amines is 1. The number of anilines is 1. The van der Waals surface area contributed by atoms with Crippen LogP contribution in [0.25, 0.3) is 22.3 Å². The van der Waals surface area contributed by atoms with E-state index in [4.69, 9.17) is 0 Å². The molecule has 0 fully saturated rings. The SMILES string of the molecule is CC(=O)Nc1cccc(-c2[nH]nc3ncc4c(c23)CCNC4)c1. The average molecular weight is 307 g/mol. The van der Waals surface area contributed by atoms with E-state index in [0.717, 1.165) is 47.5 Å². The number of hydrogen-bond donors (Lipinski definition) is 3. The minimum absolute atomic E-state index is 0.0817. The number of pyridine rings is 1. The lowest BCUT2D eigenvalue weighted by Crippen LogP contribution is -2.23. The predicted molar refractivity (Wildman–Crippen MR) is 89.0 cm³/mol. The molecule has 3 aromatic rings. The Balaban J connectivity index is 1.87. The van der Waals surface area contributed by atoms with Gasteiger partial charge < -0.3 is 10.6 Å². The molecule has 4 rings (SSSR count). The summed E-state index contributed by atoms with van der Waals surface area (Å²) in [7, 11) is 0. The molecule has 0 unspecified atom stereocenters. The van der Waals surface area contributed by atoms with Crippen LogP contribution in [0.5, 0.6) is 0 Å². The number of aromatic nitrogens is 3. The van der Waals surface area contributed by atoms with Crippen molar-refractivity contribution in [3.63, 3.8) is 0 Å². The Kier molecular flexibility index (Phi) is 3.31. The third-order valence-electron chi connectivity index (χ3n) is 4.12. The number of fused-ring (bicyclic) bond motifs is 3. The van der Waals surface area contributed by atoms with E-state index < -0.39 is 0 Å². The second-order valence-corrected chi connectivity index (χ2v) is 5.75. The van der Waals surface area contributed by atoms with Crippen molar-refractivity contribution < 1.29 is 4.79 Å². The first-order chi connectivity index (χ1) is 11.2. The Labute approximate surface area is 133 Å². The van der Waals surface area contributed by atoms with Gasteiger partial charge in [-0.15, -0.1) is 0 Å². The quantitative estimate of drug-likeness (QED) is 0.678. The van der Waals surface area contributed by atoms with Crippen molar-refractivity contribution in [3.05, 3.63) is 41.6 Å². The number of hydrogen-bond acceptors (Lipinski definition) is 4. The van der Waals surface area contributed by atoms with Gasteiger partial charge in [-0.1, -0.05) is 12.1 Å². The van der Waals surface area contributed by atoms with E-state index >= 15 is 0 Å². The van der Waals surface area contributed by atoms with Crippen LogP contribution in [0.3, 0.4) is 0 Å². The Morgan fingerprint density at radius 3 is 3.13 bits per heavy atom. The first-order valence-electron chi connectivity index (χ1n) is 7.66. The number of benzene rings is 1. The zero-order chi connectivity index (χ0) is 15.8. The molecule has 6 nitrogen and oxygen atoms in total. The highest BCUT2D eigenvalue weighted by molar-refractivity contribution is 5.96. The average Bonchev–Trinajstić information content (AvgIpc) is 2.99. The first-order valence-corrected chi connectivity index (χ1v) is 7.66. The summed E-state index contributed by atoms with van der Waals surface area (Å²) in [5.41, 5.74) is 6.00. The maximum Gasteiger partial charge on any atom is 0.221 e. The molecule has 0 radical (unpaired) electrons. The lowest BCUT2D eigenvalue weighted by molar-refractivity contribution is -0.114. The Bertz CT molecular complexity index is 899. The Morgan fingerprint density at radius 1 is 1.35 bits per heavy atom. The summed E-state index contributed by atoms with van der Waals surface area (Å²) in [5, 5.41) is 14.7. The van der Waals surface area contributed by atoms with Gasteiger partial charge in [0.25, 0.3) is 0 Å². The van der Waals surface area contributed by atoms with Gasteiger partial charge in [0.15, 0.2) is 5.65 Å². The maximum absolute atomic E-state index is 11.3. The predicted octanol–water partition coefficient (Wildman–Crippen LogP) is 2.23. The molecule has 0 aliphatic carbocycles. The van der Waals surface area contributed by atoms with Gasteiger partial charge in [-0.3, -0.25) is 9.89 Å². The zero-order valence-electron chi connectivity index (χ0n) is 12.8. The fraction of sp³-hybridized carbons (Fsp3) is 0.235. The topological polar surface area (TPSA) is 82.7 Å². The van der Waals surface area contributed by atoms with Crippen molar-refractivity contribution in [2.24, 2.45) is 0 Å². The molecule has 0 atom stereocenters. The number of carbonyl (C=O) groups excluding carboxylic acids is 1. The molecule has 1 amide bonds. The van der Waals surface area contributed by atoms with Crippen LogP contribution in [-0.4, -0.2) is 27.6 Å². The summed E-state index contributed by atoms with van der Waals surface area (Å²) >= 11 is 0. The Hall–Kier alpha value is -2.73. The standard InChI is InChI=1S/C17H17N5O/c1-10(23)20-13-4-2-3-11(7-13)16-15-14-5-6-18-8-12(14)9-19-17(15)22-21-16/h2-4,7,9,18H,5-6,8H2,1H3,(H,20,23)(H,19,21,22). The van der Waals surface area contributed by atoms with Crippen molar-refractivity contribution >= 4 is 22.6 Å². The van der Waals surface area contributed by atoms with Gasteiger partial charge in [-0.25, -0.2) is 4.98 Å². The molecule has 3 heterocycles. The van der Waals surface area contributed by atoms with Crippen LogP contribution in [0.1, 0.15) is 18.1 Å². The number of nitrogens with zero attached hydrogens (tertiary/aromatic N) is 2. The van der Waals surface area contributed by atoms with Crippen LogP contribution >= 0.6 is 0 Å². The lowest BCUT2D eigenvalue weighted by Gasteiger charge is -2.17. The van der Waals surface area contributed by atoms with Crippen LogP contribution < -0.4 is 10.6 Å². The molecule has 3 N–H and O–H groups in total. The highest BCUT2D eigenvalue weighted by Crippen LogP contribution is 2.32. The summed E-state index contributed by atoms with van der Waals surface area (Å²) < 4.78 is 0.